The number of nitrogens with zero attached hydrogens (tertiary/aromatic N) is 1. The molecule has 0 aliphatic heterocycles. The van der Waals surface area contributed by atoms with E-state index < -0.39 is 12.2 Å². The molecule has 1 aromatic carbocycles. The van der Waals surface area contributed by atoms with Crippen LogP contribution in [0, 0.1) is 0 Å². The summed E-state index contributed by atoms with van der Waals surface area (Å²) in [7, 11) is 0. The second-order valence-corrected chi connectivity index (χ2v) is 6.67. The number of anilines is 1. The zero-order valence-corrected chi connectivity index (χ0v) is 16.5. The van der Waals surface area contributed by atoms with Crippen LogP contribution in [0.15, 0.2) is 47.1 Å². The van der Waals surface area contributed by atoms with Crippen LogP contribution in [0.3, 0.4) is 0 Å². The predicted octanol–water partition coefficient (Wildman–Crippen LogP) is 3.66. The predicted molar refractivity (Wildman–Crippen MR) is 106 cm³/mol. The van der Waals surface area contributed by atoms with Crippen LogP contribution in [0.2, 0.25) is 0 Å². The van der Waals surface area contributed by atoms with Gasteiger partial charge in [0.05, 0.1) is 5.69 Å². The lowest BCUT2D eigenvalue weighted by Crippen LogP contribution is -2.26. The normalized spacial score (nSPS) is 11.5. The van der Waals surface area contributed by atoms with E-state index in [-0.39, 0.29) is 12.5 Å². The van der Waals surface area contributed by atoms with Crippen molar-refractivity contribution in [2.75, 3.05) is 18.5 Å². The summed E-state index contributed by atoms with van der Waals surface area (Å²) in [5.74, 6) is -0.310. The molecule has 1 aromatic heterocycles. The first-order chi connectivity index (χ1) is 13.0. The van der Waals surface area contributed by atoms with Crippen LogP contribution >= 0.6 is 15.9 Å². The van der Waals surface area contributed by atoms with Crippen molar-refractivity contribution >= 4 is 33.6 Å². The molecule has 0 bridgehead atoms. The molecule has 0 saturated heterocycles. The lowest BCUT2D eigenvalue weighted by atomic mass is 10.1. The fraction of sp³-hybridized carbons (Fsp3) is 0.316. The molecule has 7 nitrogen and oxygen atoms in total. The average Bonchev–Trinajstić information content (AvgIpc) is 2.67. The molecule has 8 heteroatoms. The number of amides is 2. The minimum absolute atomic E-state index is 0.102. The van der Waals surface area contributed by atoms with Crippen LogP contribution in [0.1, 0.15) is 41.9 Å². The standard InChI is InChI=1S/C19H22BrN3O4/c1-13(27-19(26)22-10-4-5-11-24)14-7-8-16(15(20)12-14)23-18(25)17-6-2-3-9-21-17/h2-3,6-9,12-13,24H,4-5,10-11H2,1H3,(H,22,26)(H,23,25). The molecule has 1 heterocycles. The van der Waals surface area contributed by atoms with E-state index in [9.17, 15) is 9.59 Å². The van der Waals surface area contributed by atoms with Gasteiger partial charge in [0.25, 0.3) is 5.91 Å². The molecular weight excluding hydrogens is 414 g/mol. The number of hydrogen-bond acceptors (Lipinski definition) is 5. The third-order valence-electron chi connectivity index (χ3n) is 3.75. The number of aromatic nitrogens is 1. The van der Waals surface area contributed by atoms with E-state index in [0.717, 1.165) is 5.56 Å². The van der Waals surface area contributed by atoms with Crippen molar-refractivity contribution in [3.63, 3.8) is 0 Å². The summed E-state index contributed by atoms with van der Waals surface area (Å²) in [4.78, 5) is 28.0. The minimum atomic E-state index is -0.510. The van der Waals surface area contributed by atoms with Crippen LogP contribution in [-0.2, 0) is 4.74 Å². The Bertz CT molecular complexity index is 771. The Balaban J connectivity index is 1.93. The van der Waals surface area contributed by atoms with Crippen molar-refractivity contribution in [1.82, 2.24) is 10.3 Å². The summed E-state index contributed by atoms with van der Waals surface area (Å²) >= 11 is 3.43. The molecule has 0 radical (unpaired) electrons. The highest BCUT2D eigenvalue weighted by atomic mass is 79.9. The number of benzene rings is 1. The van der Waals surface area contributed by atoms with Gasteiger partial charge in [-0.2, -0.15) is 0 Å². The van der Waals surface area contributed by atoms with Crippen LogP contribution in [0.4, 0.5) is 10.5 Å². The van der Waals surface area contributed by atoms with E-state index in [1.807, 2.05) is 0 Å². The van der Waals surface area contributed by atoms with Crippen LogP contribution < -0.4 is 10.6 Å². The molecule has 0 fully saturated rings. The first kappa shape index (κ1) is 20.9. The smallest absolute Gasteiger partial charge is 0.407 e. The molecule has 2 aromatic rings. The SMILES string of the molecule is CC(OC(=O)NCCCCO)c1ccc(NC(=O)c2ccccn2)c(Br)c1. The van der Waals surface area contributed by atoms with Crippen LogP contribution in [-0.4, -0.2) is 35.2 Å². The summed E-state index contributed by atoms with van der Waals surface area (Å²) in [5.41, 5.74) is 1.70. The van der Waals surface area contributed by atoms with E-state index in [4.69, 9.17) is 9.84 Å². The second-order valence-electron chi connectivity index (χ2n) is 5.81. The summed E-state index contributed by atoms with van der Waals surface area (Å²) in [6.45, 7) is 2.32. The maximum absolute atomic E-state index is 12.2. The fourth-order valence-corrected chi connectivity index (χ4v) is 2.76. The van der Waals surface area contributed by atoms with Gasteiger partial charge in [0.2, 0.25) is 0 Å². The molecule has 0 aliphatic carbocycles. The molecule has 2 rings (SSSR count). The molecule has 0 aliphatic rings. The zero-order chi connectivity index (χ0) is 19.6. The van der Waals surface area contributed by atoms with Gasteiger partial charge in [0.1, 0.15) is 11.8 Å². The number of rotatable bonds is 8. The highest BCUT2D eigenvalue weighted by Crippen LogP contribution is 2.28. The molecule has 144 valence electrons. The second kappa shape index (κ2) is 10.6. The van der Waals surface area contributed by atoms with Gasteiger partial charge in [0, 0.05) is 23.8 Å². The number of nitrogens with one attached hydrogen (secondary N) is 2. The summed E-state index contributed by atoms with van der Waals surface area (Å²) in [5, 5.41) is 14.1. The van der Waals surface area contributed by atoms with E-state index in [1.165, 1.54) is 0 Å². The monoisotopic (exact) mass is 435 g/mol. The number of aliphatic hydroxyl groups excluding tert-OH is 1. The lowest BCUT2D eigenvalue weighted by molar-refractivity contribution is 0.102. The third-order valence-corrected chi connectivity index (χ3v) is 4.40. The quantitative estimate of drug-likeness (QED) is 0.549. The van der Waals surface area contributed by atoms with E-state index in [1.54, 1.807) is 49.5 Å². The number of halogens is 1. The Labute approximate surface area is 166 Å². The van der Waals surface area contributed by atoms with Gasteiger partial charge in [-0.25, -0.2) is 4.79 Å². The van der Waals surface area contributed by atoms with Gasteiger partial charge in [-0.3, -0.25) is 9.78 Å². The van der Waals surface area contributed by atoms with Gasteiger partial charge >= 0.3 is 6.09 Å². The van der Waals surface area contributed by atoms with Gasteiger partial charge < -0.3 is 20.5 Å². The number of pyridine rings is 1. The van der Waals surface area contributed by atoms with Crippen molar-refractivity contribution < 1.29 is 19.4 Å². The molecule has 2 amide bonds. The Morgan fingerprint density at radius 1 is 1.26 bits per heavy atom. The summed E-state index contributed by atoms with van der Waals surface area (Å²) in [6, 6.07) is 10.4. The van der Waals surface area contributed by atoms with Crippen molar-refractivity contribution in [2.24, 2.45) is 0 Å². The van der Waals surface area contributed by atoms with Crippen molar-refractivity contribution in [3.05, 3.63) is 58.3 Å². The van der Waals surface area contributed by atoms with E-state index in [0.29, 0.717) is 35.2 Å². The van der Waals surface area contributed by atoms with Crippen molar-refractivity contribution in [2.45, 2.75) is 25.9 Å². The number of carbonyl (C=O) groups is 2. The van der Waals surface area contributed by atoms with Crippen molar-refractivity contribution in [3.8, 4) is 0 Å². The van der Waals surface area contributed by atoms with Crippen LogP contribution in [0.25, 0.3) is 0 Å². The van der Waals surface area contributed by atoms with Gasteiger partial charge in [-0.05, 0) is 65.5 Å². The average molecular weight is 436 g/mol. The number of carbonyl (C=O) groups excluding carboxylic acids is 2. The molecule has 27 heavy (non-hydrogen) atoms. The number of hydrogen-bond donors (Lipinski definition) is 3. The molecule has 0 spiro atoms. The van der Waals surface area contributed by atoms with Gasteiger partial charge in [-0.15, -0.1) is 0 Å². The highest BCUT2D eigenvalue weighted by Gasteiger charge is 2.14. The summed E-state index contributed by atoms with van der Waals surface area (Å²) in [6.07, 6.45) is 1.91. The summed E-state index contributed by atoms with van der Waals surface area (Å²) < 4.78 is 6.00. The Kier molecular flexibility index (Phi) is 8.22. The van der Waals surface area contributed by atoms with Gasteiger partial charge in [0.15, 0.2) is 0 Å². The molecule has 1 atom stereocenters. The minimum Gasteiger partial charge on any atom is -0.442 e. The first-order valence-corrected chi connectivity index (χ1v) is 9.37. The van der Waals surface area contributed by atoms with Crippen molar-refractivity contribution in [1.29, 1.82) is 0 Å². The molecular formula is C19H22BrN3O4. The van der Waals surface area contributed by atoms with E-state index in [2.05, 4.69) is 31.5 Å². The Morgan fingerprint density at radius 2 is 2.07 bits per heavy atom. The van der Waals surface area contributed by atoms with Crippen LogP contribution in [0.5, 0.6) is 0 Å². The maximum atomic E-state index is 12.2. The fourth-order valence-electron chi connectivity index (χ4n) is 2.27. The number of aliphatic hydroxyl groups is 1. The number of ether oxygens (including phenoxy) is 1. The van der Waals surface area contributed by atoms with E-state index >= 15 is 0 Å². The third kappa shape index (κ3) is 6.65. The van der Waals surface area contributed by atoms with Gasteiger partial charge in [-0.1, -0.05) is 12.1 Å². The lowest BCUT2D eigenvalue weighted by Gasteiger charge is -2.16. The first-order valence-electron chi connectivity index (χ1n) is 8.58. The number of unbranched alkanes of at least 4 members (excludes halogenated alkanes) is 1. The topological polar surface area (TPSA) is 101 Å². The zero-order valence-electron chi connectivity index (χ0n) is 14.9. The maximum Gasteiger partial charge on any atom is 0.407 e. The molecule has 3 N–H and O–H groups in total. The molecule has 0 saturated carbocycles. The Hall–Kier alpha value is -2.45. The largest absolute Gasteiger partial charge is 0.442 e. The number of alkyl carbamates (subject to hydrolysis) is 1. The highest BCUT2D eigenvalue weighted by molar-refractivity contribution is 9.10. The molecule has 1 unspecified atom stereocenters. The Morgan fingerprint density at radius 3 is 2.74 bits per heavy atom.